The van der Waals surface area contributed by atoms with E-state index >= 15 is 0 Å². The summed E-state index contributed by atoms with van der Waals surface area (Å²) in [6.07, 6.45) is 7.67. The SMILES string of the molecule is COc1ccccc1/C=C/c1nc2c(s1)NCCCC2. The van der Waals surface area contributed by atoms with Gasteiger partial charge in [0.05, 0.1) is 12.8 Å². The van der Waals surface area contributed by atoms with Crippen molar-refractivity contribution in [2.45, 2.75) is 19.3 Å². The van der Waals surface area contributed by atoms with Crippen molar-refractivity contribution in [1.29, 1.82) is 0 Å². The average molecular weight is 286 g/mol. The number of nitrogens with zero attached hydrogens (tertiary/aromatic N) is 1. The molecule has 1 N–H and O–H groups in total. The van der Waals surface area contributed by atoms with E-state index in [0.29, 0.717) is 0 Å². The molecule has 4 heteroatoms. The Morgan fingerprint density at radius 2 is 2.15 bits per heavy atom. The van der Waals surface area contributed by atoms with Crippen LogP contribution in [0.25, 0.3) is 12.2 Å². The van der Waals surface area contributed by atoms with Crippen LogP contribution in [0.2, 0.25) is 0 Å². The number of aromatic nitrogens is 1. The molecule has 2 heterocycles. The Morgan fingerprint density at radius 1 is 1.25 bits per heavy atom. The molecule has 104 valence electrons. The Morgan fingerprint density at radius 3 is 3.05 bits per heavy atom. The highest BCUT2D eigenvalue weighted by molar-refractivity contribution is 7.16. The van der Waals surface area contributed by atoms with E-state index in [-0.39, 0.29) is 0 Å². The van der Waals surface area contributed by atoms with Gasteiger partial charge in [-0.3, -0.25) is 0 Å². The lowest BCUT2D eigenvalue weighted by molar-refractivity contribution is 0.414. The van der Waals surface area contributed by atoms with E-state index in [1.807, 2.05) is 24.3 Å². The lowest BCUT2D eigenvalue weighted by atomic mass is 10.2. The molecule has 1 aromatic heterocycles. The van der Waals surface area contributed by atoms with Crippen molar-refractivity contribution in [1.82, 2.24) is 4.98 Å². The molecule has 0 saturated carbocycles. The van der Waals surface area contributed by atoms with Crippen LogP contribution in [0.1, 0.15) is 29.1 Å². The Balaban J connectivity index is 1.82. The zero-order valence-electron chi connectivity index (χ0n) is 11.6. The largest absolute Gasteiger partial charge is 0.496 e. The van der Waals surface area contributed by atoms with Crippen LogP contribution in [-0.4, -0.2) is 18.6 Å². The van der Waals surface area contributed by atoms with Gasteiger partial charge in [0.15, 0.2) is 0 Å². The first-order valence-electron chi connectivity index (χ1n) is 6.91. The number of hydrogen-bond donors (Lipinski definition) is 1. The molecular formula is C16H18N2OS. The van der Waals surface area contributed by atoms with E-state index in [4.69, 9.17) is 9.72 Å². The van der Waals surface area contributed by atoms with Crippen molar-refractivity contribution in [3.8, 4) is 5.75 Å². The molecular weight excluding hydrogens is 268 g/mol. The molecule has 20 heavy (non-hydrogen) atoms. The minimum Gasteiger partial charge on any atom is -0.496 e. The first-order chi connectivity index (χ1) is 9.86. The van der Waals surface area contributed by atoms with Gasteiger partial charge >= 0.3 is 0 Å². The minimum absolute atomic E-state index is 0.889. The first-order valence-corrected chi connectivity index (χ1v) is 7.73. The molecule has 3 nitrogen and oxygen atoms in total. The molecule has 0 atom stereocenters. The van der Waals surface area contributed by atoms with Gasteiger partial charge in [-0.25, -0.2) is 4.98 Å². The smallest absolute Gasteiger partial charge is 0.126 e. The van der Waals surface area contributed by atoms with Crippen LogP contribution in [0.3, 0.4) is 0 Å². The maximum atomic E-state index is 5.35. The average Bonchev–Trinajstić information content (AvgIpc) is 2.75. The summed E-state index contributed by atoms with van der Waals surface area (Å²) in [7, 11) is 1.70. The number of aryl methyl sites for hydroxylation is 1. The quantitative estimate of drug-likeness (QED) is 0.923. The molecule has 2 aromatic rings. The van der Waals surface area contributed by atoms with Gasteiger partial charge in [-0.15, -0.1) is 0 Å². The highest BCUT2D eigenvalue weighted by Crippen LogP contribution is 2.29. The van der Waals surface area contributed by atoms with Crippen LogP contribution >= 0.6 is 11.3 Å². The maximum absolute atomic E-state index is 5.35. The molecule has 1 aromatic carbocycles. The molecule has 0 saturated heterocycles. The third kappa shape index (κ3) is 2.85. The van der Waals surface area contributed by atoms with Crippen LogP contribution < -0.4 is 10.1 Å². The highest BCUT2D eigenvalue weighted by atomic mass is 32.1. The molecule has 0 fully saturated rings. The Labute approximate surface area is 123 Å². The molecule has 3 rings (SSSR count). The van der Waals surface area contributed by atoms with Gasteiger partial charge < -0.3 is 10.1 Å². The summed E-state index contributed by atoms with van der Waals surface area (Å²) >= 11 is 1.73. The molecule has 1 aliphatic heterocycles. The summed E-state index contributed by atoms with van der Waals surface area (Å²) in [5.41, 5.74) is 2.29. The van der Waals surface area contributed by atoms with E-state index in [2.05, 4.69) is 17.5 Å². The Bertz CT molecular complexity index is 595. The van der Waals surface area contributed by atoms with Crippen LogP contribution in [0.5, 0.6) is 5.75 Å². The Hall–Kier alpha value is -1.81. The van der Waals surface area contributed by atoms with Crippen molar-refractivity contribution in [2.75, 3.05) is 19.0 Å². The predicted octanol–water partition coefficient (Wildman–Crippen LogP) is 4.07. The van der Waals surface area contributed by atoms with E-state index in [0.717, 1.165) is 29.3 Å². The van der Waals surface area contributed by atoms with Gasteiger partial charge in [0, 0.05) is 12.1 Å². The van der Waals surface area contributed by atoms with E-state index in [9.17, 15) is 0 Å². The van der Waals surface area contributed by atoms with Crippen LogP contribution in [0.15, 0.2) is 24.3 Å². The second-order valence-electron chi connectivity index (χ2n) is 4.79. The number of fused-ring (bicyclic) bond motifs is 1. The van der Waals surface area contributed by atoms with Gasteiger partial charge in [0.1, 0.15) is 15.8 Å². The summed E-state index contributed by atoms with van der Waals surface area (Å²) in [5.74, 6) is 0.889. The fourth-order valence-corrected chi connectivity index (χ4v) is 3.27. The summed E-state index contributed by atoms with van der Waals surface area (Å²) in [4.78, 5) is 4.71. The van der Waals surface area contributed by atoms with Crippen LogP contribution in [0.4, 0.5) is 5.00 Å². The summed E-state index contributed by atoms with van der Waals surface area (Å²) in [5, 5.41) is 5.75. The van der Waals surface area contributed by atoms with E-state index in [1.54, 1.807) is 18.4 Å². The van der Waals surface area contributed by atoms with Crippen LogP contribution in [0, 0.1) is 0 Å². The fourth-order valence-electron chi connectivity index (χ4n) is 2.33. The monoisotopic (exact) mass is 286 g/mol. The maximum Gasteiger partial charge on any atom is 0.126 e. The Kier molecular flexibility index (Phi) is 4.02. The third-order valence-electron chi connectivity index (χ3n) is 3.38. The standard InChI is InChI=1S/C16H18N2OS/c1-19-14-8-3-2-6-12(14)9-10-15-18-13-7-4-5-11-17-16(13)20-15/h2-3,6,8-10,17H,4-5,7,11H2,1H3/b10-9+. The number of methoxy groups -OCH3 is 1. The zero-order valence-corrected chi connectivity index (χ0v) is 12.4. The van der Waals surface area contributed by atoms with Gasteiger partial charge in [-0.05, 0) is 37.5 Å². The number of ether oxygens (including phenoxy) is 1. The molecule has 0 unspecified atom stereocenters. The van der Waals surface area contributed by atoms with Crippen molar-refractivity contribution in [2.24, 2.45) is 0 Å². The predicted molar refractivity (Wildman–Crippen MR) is 85.5 cm³/mol. The lowest BCUT2D eigenvalue weighted by Gasteiger charge is -2.02. The first kappa shape index (κ1) is 13.2. The van der Waals surface area contributed by atoms with Crippen LogP contribution in [-0.2, 0) is 6.42 Å². The number of anilines is 1. The zero-order chi connectivity index (χ0) is 13.8. The number of hydrogen-bond acceptors (Lipinski definition) is 4. The van der Waals surface area contributed by atoms with Gasteiger partial charge in [-0.1, -0.05) is 29.5 Å². The van der Waals surface area contributed by atoms with Gasteiger partial charge in [-0.2, -0.15) is 0 Å². The van der Waals surface area contributed by atoms with Crippen molar-refractivity contribution >= 4 is 28.5 Å². The normalized spacial score (nSPS) is 14.7. The number of thiazole rings is 1. The van der Waals surface area contributed by atoms with Crippen molar-refractivity contribution in [3.05, 3.63) is 40.5 Å². The third-order valence-corrected chi connectivity index (χ3v) is 4.40. The molecule has 0 aliphatic carbocycles. The highest BCUT2D eigenvalue weighted by Gasteiger charge is 2.12. The number of benzene rings is 1. The fraction of sp³-hybridized carbons (Fsp3) is 0.312. The summed E-state index contributed by atoms with van der Waals surface area (Å²) < 4.78 is 5.35. The van der Waals surface area contributed by atoms with E-state index in [1.165, 1.54) is 23.5 Å². The molecule has 1 aliphatic rings. The van der Waals surface area contributed by atoms with E-state index < -0.39 is 0 Å². The number of rotatable bonds is 3. The van der Waals surface area contributed by atoms with Gasteiger partial charge in [0.25, 0.3) is 0 Å². The number of para-hydroxylation sites is 1. The number of nitrogens with one attached hydrogen (secondary N) is 1. The van der Waals surface area contributed by atoms with Crippen molar-refractivity contribution < 1.29 is 4.74 Å². The molecule has 0 bridgehead atoms. The topological polar surface area (TPSA) is 34.1 Å². The summed E-state index contributed by atoms with van der Waals surface area (Å²) in [6.45, 7) is 1.06. The van der Waals surface area contributed by atoms with Gasteiger partial charge in [0.2, 0.25) is 0 Å². The minimum atomic E-state index is 0.889. The molecule has 0 spiro atoms. The summed E-state index contributed by atoms with van der Waals surface area (Å²) in [6, 6.07) is 8.01. The molecule has 0 radical (unpaired) electrons. The van der Waals surface area contributed by atoms with Crippen molar-refractivity contribution in [3.63, 3.8) is 0 Å². The molecule has 0 amide bonds. The second-order valence-corrected chi connectivity index (χ2v) is 5.82. The lowest BCUT2D eigenvalue weighted by Crippen LogP contribution is -1.96. The second kappa shape index (κ2) is 6.09.